The van der Waals surface area contributed by atoms with Crippen LogP contribution in [0.3, 0.4) is 0 Å². The molecule has 1 atom stereocenters. The van der Waals surface area contributed by atoms with Crippen molar-refractivity contribution in [2.24, 2.45) is 0 Å². The van der Waals surface area contributed by atoms with Gasteiger partial charge in [-0.15, -0.1) is 0 Å². The lowest BCUT2D eigenvalue weighted by molar-refractivity contribution is -0.109. The lowest BCUT2D eigenvalue weighted by Gasteiger charge is -2.19. The van der Waals surface area contributed by atoms with Crippen molar-refractivity contribution in [2.75, 3.05) is 31.0 Å². The lowest BCUT2D eigenvalue weighted by atomic mass is 10.2. The molecule has 0 radical (unpaired) electrons. The van der Waals surface area contributed by atoms with Gasteiger partial charge in [0, 0.05) is 23.7 Å². The van der Waals surface area contributed by atoms with Crippen molar-refractivity contribution in [3.8, 4) is 0 Å². The molecule has 178 valence electrons. The summed E-state index contributed by atoms with van der Waals surface area (Å²) in [7, 11) is -3.61. The molecular weight excluding hydrogens is 537 g/mol. The van der Waals surface area contributed by atoms with E-state index in [0.29, 0.717) is 11.4 Å². The highest BCUT2D eigenvalue weighted by Crippen LogP contribution is 2.49. The average Bonchev–Trinajstić information content (AvgIpc) is 3.16. The SMILES string of the molecule is CC(=O)SCCOP(=O)(COCCn1cnc2c(=O)[nH]c(N)nc21)OCc1cccc(Br)c1. The van der Waals surface area contributed by atoms with E-state index in [2.05, 4.69) is 30.9 Å². The van der Waals surface area contributed by atoms with Gasteiger partial charge in [0.25, 0.3) is 5.56 Å². The first kappa shape index (κ1) is 25.6. The summed E-state index contributed by atoms with van der Waals surface area (Å²) in [6.07, 6.45) is 1.17. The number of carbonyl (C=O) groups excluding carboxylic acids is 1. The Balaban J connectivity index is 1.58. The molecule has 0 amide bonds. The highest BCUT2D eigenvalue weighted by atomic mass is 79.9. The number of hydrogen-bond acceptors (Lipinski definition) is 10. The monoisotopic (exact) mass is 559 g/mol. The number of thioether (sulfide) groups is 1. The minimum absolute atomic E-state index is 0.0163. The van der Waals surface area contributed by atoms with Crippen molar-refractivity contribution >= 4 is 57.5 Å². The number of nitrogens with zero attached hydrogens (tertiary/aromatic N) is 3. The van der Waals surface area contributed by atoms with E-state index >= 15 is 0 Å². The number of nitrogen functional groups attached to an aromatic ring is 1. The van der Waals surface area contributed by atoms with Gasteiger partial charge in [-0.1, -0.05) is 39.8 Å². The zero-order chi connectivity index (χ0) is 23.8. The highest BCUT2D eigenvalue weighted by molar-refractivity contribution is 9.10. The molecule has 3 N–H and O–H groups in total. The molecule has 0 saturated carbocycles. The van der Waals surface area contributed by atoms with Gasteiger partial charge in [-0.3, -0.25) is 19.1 Å². The molecule has 0 fully saturated rings. The molecule has 0 saturated heterocycles. The fraction of sp³-hybridized carbons (Fsp3) is 0.368. The van der Waals surface area contributed by atoms with Gasteiger partial charge >= 0.3 is 7.60 Å². The third kappa shape index (κ3) is 7.76. The average molecular weight is 560 g/mol. The number of nitrogens with two attached hydrogens (primary N) is 1. The van der Waals surface area contributed by atoms with Crippen LogP contribution in [0, 0.1) is 0 Å². The predicted octanol–water partition coefficient (Wildman–Crippen LogP) is 3.14. The van der Waals surface area contributed by atoms with Gasteiger partial charge in [0.2, 0.25) is 5.95 Å². The van der Waals surface area contributed by atoms with Crippen molar-refractivity contribution in [1.82, 2.24) is 19.5 Å². The summed E-state index contributed by atoms with van der Waals surface area (Å²) >= 11 is 4.46. The minimum Gasteiger partial charge on any atom is -0.369 e. The number of anilines is 1. The van der Waals surface area contributed by atoms with E-state index in [1.165, 1.54) is 13.3 Å². The molecule has 0 bridgehead atoms. The molecule has 2 aromatic heterocycles. The number of ether oxygens (including phenoxy) is 1. The van der Waals surface area contributed by atoms with E-state index in [0.717, 1.165) is 21.8 Å². The highest BCUT2D eigenvalue weighted by Gasteiger charge is 2.25. The van der Waals surface area contributed by atoms with E-state index in [9.17, 15) is 14.2 Å². The number of halogens is 1. The predicted molar refractivity (Wildman–Crippen MR) is 129 cm³/mol. The Kier molecular flexibility index (Phi) is 9.24. The summed E-state index contributed by atoms with van der Waals surface area (Å²) in [5.74, 6) is 0.333. The minimum atomic E-state index is -3.61. The maximum atomic E-state index is 13.2. The van der Waals surface area contributed by atoms with Crippen LogP contribution >= 0.6 is 35.3 Å². The lowest BCUT2D eigenvalue weighted by Crippen LogP contribution is -2.13. The number of rotatable bonds is 12. The Bertz CT molecular complexity index is 1220. The molecule has 33 heavy (non-hydrogen) atoms. The van der Waals surface area contributed by atoms with Gasteiger partial charge in [-0.25, -0.2) is 4.98 Å². The molecule has 0 aliphatic heterocycles. The van der Waals surface area contributed by atoms with Gasteiger partial charge in [0.1, 0.15) is 6.35 Å². The van der Waals surface area contributed by atoms with Crippen LogP contribution in [0.25, 0.3) is 11.2 Å². The summed E-state index contributed by atoms with van der Waals surface area (Å²) in [6.45, 7) is 2.01. The maximum absolute atomic E-state index is 13.2. The van der Waals surface area contributed by atoms with Crippen LogP contribution in [0.4, 0.5) is 5.95 Å². The molecule has 2 heterocycles. The standard InChI is InChI=1S/C19H23BrN5O6PS/c1-13(26)33-8-7-30-32(28,31-10-14-3-2-4-15(20)9-14)12-29-6-5-25-11-22-16-17(25)23-19(21)24-18(16)27/h2-4,9,11H,5-8,10,12H2,1H3,(H3,21,23,24,27). The number of aromatic amines is 1. The fourth-order valence-corrected chi connectivity index (χ4v) is 5.06. The number of hydrogen-bond donors (Lipinski definition) is 2. The topological polar surface area (TPSA) is 151 Å². The molecule has 0 aliphatic rings. The first-order valence-corrected chi connectivity index (χ1v) is 13.3. The van der Waals surface area contributed by atoms with E-state index < -0.39 is 13.2 Å². The molecule has 1 aromatic carbocycles. The number of benzene rings is 1. The quantitative estimate of drug-likeness (QED) is 0.250. The zero-order valence-electron chi connectivity index (χ0n) is 17.7. The van der Waals surface area contributed by atoms with Crippen LogP contribution in [0.1, 0.15) is 12.5 Å². The van der Waals surface area contributed by atoms with Crippen molar-refractivity contribution in [2.45, 2.75) is 20.1 Å². The van der Waals surface area contributed by atoms with Crippen LogP contribution in [-0.2, 0) is 36.3 Å². The van der Waals surface area contributed by atoms with Crippen LogP contribution < -0.4 is 11.3 Å². The number of fused-ring (bicyclic) bond motifs is 1. The second kappa shape index (κ2) is 11.9. The maximum Gasteiger partial charge on any atom is 0.356 e. The summed E-state index contributed by atoms with van der Waals surface area (Å²) in [5.41, 5.74) is 6.47. The summed E-state index contributed by atoms with van der Waals surface area (Å²) < 4.78 is 32.4. The Morgan fingerprint density at radius 2 is 2.15 bits per heavy atom. The number of imidazole rings is 1. The number of H-pyrrole nitrogens is 1. The molecule has 14 heteroatoms. The molecule has 0 aliphatic carbocycles. The van der Waals surface area contributed by atoms with E-state index in [4.69, 9.17) is 19.5 Å². The van der Waals surface area contributed by atoms with E-state index in [1.807, 2.05) is 24.3 Å². The van der Waals surface area contributed by atoms with Gasteiger partial charge in [-0.2, -0.15) is 4.98 Å². The fourth-order valence-electron chi connectivity index (χ4n) is 2.75. The summed E-state index contributed by atoms with van der Waals surface area (Å²) in [6, 6.07) is 7.40. The molecule has 0 spiro atoms. The van der Waals surface area contributed by atoms with Crippen molar-refractivity contribution < 1.29 is 23.1 Å². The second-order valence-corrected chi connectivity index (χ2v) is 11.0. The smallest absolute Gasteiger partial charge is 0.356 e. The van der Waals surface area contributed by atoms with Gasteiger partial charge in [0.05, 0.1) is 26.1 Å². The van der Waals surface area contributed by atoms with E-state index in [1.54, 1.807) is 4.57 Å². The van der Waals surface area contributed by atoms with Crippen molar-refractivity contribution in [1.29, 1.82) is 0 Å². The Morgan fingerprint density at radius 3 is 2.91 bits per heavy atom. The summed E-state index contributed by atoms with van der Waals surface area (Å²) in [5, 5.41) is -0.0552. The summed E-state index contributed by atoms with van der Waals surface area (Å²) in [4.78, 5) is 33.5. The molecule has 1 unspecified atom stereocenters. The second-order valence-electron chi connectivity index (χ2n) is 6.79. The molecular formula is C19H23BrN5O6PS. The number of aromatic nitrogens is 4. The Hall–Kier alpha value is -2.02. The van der Waals surface area contributed by atoms with Crippen LogP contribution in [-0.4, -0.2) is 49.9 Å². The van der Waals surface area contributed by atoms with Gasteiger partial charge < -0.3 is 24.1 Å². The molecule has 3 aromatic rings. The van der Waals surface area contributed by atoms with E-state index in [-0.39, 0.29) is 49.3 Å². The molecule has 11 nitrogen and oxygen atoms in total. The third-order valence-corrected chi connectivity index (χ3v) is 7.08. The first-order valence-electron chi connectivity index (χ1n) is 9.80. The van der Waals surface area contributed by atoms with Crippen molar-refractivity contribution in [3.63, 3.8) is 0 Å². The normalized spacial score (nSPS) is 13.3. The largest absolute Gasteiger partial charge is 0.369 e. The van der Waals surface area contributed by atoms with Gasteiger partial charge in [0.15, 0.2) is 16.3 Å². The number of nitrogens with one attached hydrogen (secondary N) is 1. The van der Waals surface area contributed by atoms with Crippen LogP contribution in [0.2, 0.25) is 0 Å². The van der Waals surface area contributed by atoms with Crippen molar-refractivity contribution in [3.05, 3.63) is 51.0 Å². The first-order chi connectivity index (χ1) is 15.8. The molecule has 3 rings (SSSR count). The zero-order valence-corrected chi connectivity index (χ0v) is 21.0. The number of carbonyl (C=O) groups is 1. The van der Waals surface area contributed by atoms with Crippen LogP contribution in [0.5, 0.6) is 0 Å². The third-order valence-electron chi connectivity index (χ3n) is 4.21. The Morgan fingerprint density at radius 1 is 1.33 bits per heavy atom. The van der Waals surface area contributed by atoms with Gasteiger partial charge in [-0.05, 0) is 17.7 Å². The van der Waals surface area contributed by atoms with Crippen LogP contribution in [0.15, 0.2) is 39.9 Å². The Labute approximate surface area is 202 Å².